The lowest BCUT2D eigenvalue weighted by Gasteiger charge is -2.08. The van der Waals surface area contributed by atoms with Crippen LogP contribution in [0.5, 0.6) is 0 Å². The highest BCUT2D eigenvalue weighted by molar-refractivity contribution is 7.93. The van der Waals surface area contributed by atoms with Gasteiger partial charge in [0.15, 0.2) is 16.1 Å². The molecule has 5 heteroatoms. The Morgan fingerprint density at radius 2 is 1.79 bits per heavy atom. The summed E-state index contributed by atoms with van der Waals surface area (Å²) >= 11 is 0. The molecule has 1 aliphatic heterocycles. The van der Waals surface area contributed by atoms with E-state index in [9.17, 15) is 13.2 Å². The fourth-order valence-electron chi connectivity index (χ4n) is 2.27. The molecule has 0 amide bonds. The van der Waals surface area contributed by atoms with Gasteiger partial charge in [-0.3, -0.25) is 4.79 Å². The first-order valence-electron chi connectivity index (χ1n) is 5.81. The molecule has 1 aromatic heterocycles. The zero-order valence-corrected chi connectivity index (χ0v) is 11.0. The van der Waals surface area contributed by atoms with Crippen LogP contribution in [0, 0.1) is 6.92 Å². The molecular formula is C14H11NO3S. The van der Waals surface area contributed by atoms with Crippen molar-refractivity contribution < 1.29 is 13.2 Å². The summed E-state index contributed by atoms with van der Waals surface area (Å²) in [5.41, 5.74) is 1.70. The Kier molecular flexibility index (Phi) is 2.53. The molecule has 0 saturated carbocycles. The molecule has 0 spiro atoms. The summed E-state index contributed by atoms with van der Waals surface area (Å²) in [6.45, 7) is 1.91. The molecule has 2 heterocycles. The lowest BCUT2D eigenvalue weighted by molar-refractivity contribution is 0.0990. The number of hydrogen-bond donors (Lipinski definition) is 0. The Labute approximate surface area is 111 Å². The number of ketones is 1. The summed E-state index contributed by atoms with van der Waals surface area (Å²) in [6, 6.07) is 10.0. The van der Waals surface area contributed by atoms with E-state index in [0.29, 0.717) is 5.56 Å². The normalized spacial score (nSPS) is 20.3. The molecule has 0 N–H and O–H groups in total. The van der Waals surface area contributed by atoms with Gasteiger partial charge < -0.3 is 0 Å². The summed E-state index contributed by atoms with van der Waals surface area (Å²) in [4.78, 5) is 16.1. The summed E-state index contributed by atoms with van der Waals surface area (Å²) < 4.78 is 24.8. The predicted octanol–water partition coefficient (Wildman–Crippen LogP) is 2.10. The van der Waals surface area contributed by atoms with Crippen molar-refractivity contribution in [1.82, 2.24) is 4.98 Å². The second kappa shape index (κ2) is 3.99. The third kappa shape index (κ3) is 1.69. The molecule has 1 aliphatic rings. The largest absolute Gasteiger partial charge is 0.292 e. The van der Waals surface area contributed by atoms with Crippen LogP contribution in [0.15, 0.2) is 47.6 Å². The number of benzene rings is 1. The predicted molar refractivity (Wildman–Crippen MR) is 69.7 cm³/mol. The van der Waals surface area contributed by atoms with E-state index in [1.165, 1.54) is 12.3 Å². The lowest BCUT2D eigenvalue weighted by atomic mass is 10.0. The van der Waals surface area contributed by atoms with E-state index in [1.807, 2.05) is 6.92 Å². The number of fused-ring (bicyclic) bond motifs is 1. The molecule has 0 bridgehead atoms. The fourth-order valence-corrected chi connectivity index (χ4v) is 4.10. The maximum Gasteiger partial charge on any atom is 0.210 e. The number of nitrogens with zero attached hydrogens (tertiary/aromatic N) is 1. The molecule has 3 rings (SSSR count). The van der Waals surface area contributed by atoms with Gasteiger partial charge in [0.2, 0.25) is 9.84 Å². The molecular weight excluding hydrogens is 262 g/mol. The molecule has 0 fully saturated rings. The summed E-state index contributed by atoms with van der Waals surface area (Å²) in [7, 11) is -3.72. The van der Waals surface area contributed by atoms with Gasteiger partial charge in [0, 0.05) is 6.20 Å². The van der Waals surface area contributed by atoms with Gasteiger partial charge in [-0.25, -0.2) is 13.4 Å². The van der Waals surface area contributed by atoms with Crippen LogP contribution in [0.3, 0.4) is 0 Å². The number of carbonyl (C=O) groups excluding carboxylic acids is 1. The van der Waals surface area contributed by atoms with E-state index in [-0.39, 0.29) is 10.6 Å². The molecule has 1 aromatic carbocycles. The van der Waals surface area contributed by atoms with E-state index >= 15 is 0 Å². The SMILES string of the molecule is Cc1ccc(C2C(=O)c3cccnc3S2(=O)=O)cc1. The first-order chi connectivity index (χ1) is 9.01. The molecule has 0 saturated heterocycles. The van der Waals surface area contributed by atoms with Crippen molar-refractivity contribution in [3.8, 4) is 0 Å². The number of pyridine rings is 1. The van der Waals surface area contributed by atoms with E-state index in [4.69, 9.17) is 0 Å². The zero-order valence-electron chi connectivity index (χ0n) is 10.2. The molecule has 19 heavy (non-hydrogen) atoms. The zero-order chi connectivity index (χ0) is 13.6. The second-order valence-electron chi connectivity index (χ2n) is 4.56. The van der Waals surface area contributed by atoms with Crippen molar-refractivity contribution in [3.63, 3.8) is 0 Å². The highest BCUT2D eigenvalue weighted by atomic mass is 32.2. The molecule has 4 nitrogen and oxygen atoms in total. The number of Topliss-reactive ketones (excluding diaryl/α,β-unsaturated/α-hetero) is 1. The average molecular weight is 273 g/mol. The van der Waals surface area contributed by atoms with Gasteiger partial charge in [-0.15, -0.1) is 0 Å². The Hall–Kier alpha value is -2.01. The highest BCUT2D eigenvalue weighted by Crippen LogP contribution is 2.39. The van der Waals surface area contributed by atoms with Gasteiger partial charge in [-0.05, 0) is 24.6 Å². The van der Waals surface area contributed by atoms with E-state index in [1.54, 1.807) is 30.3 Å². The van der Waals surface area contributed by atoms with Crippen LogP contribution in [-0.4, -0.2) is 19.2 Å². The summed E-state index contributed by atoms with van der Waals surface area (Å²) in [5.74, 6) is -0.396. The fraction of sp³-hybridized carbons (Fsp3) is 0.143. The quantitative estimate of drug-likeness (QED) is 0.798. The van der Waals surface area contributed by atoms with Gasteiger partial charge in [0.05, 0.1) is 5.56 Å². The summed E-state index contributed by atoms with van der Waals surface area (Å²) in [6.07, 6.45) is 1.39. The lowest BCUT2D eigenvalue weighted by Crippen LogP contribution is -2.13. The molecule has 1 atom stereocenters. The first kappa shape index (κ1) is 12.0. The second-order valence-corrected chi connectivity index (χ2v) is 6.50. The van der Waals surface area contributed by atoms with Crippen molar-refractivity contribution in [2.75, 3.05) is 0 Å². The van der Waals surface area contributed by atoms with Crippen LogP contribution in [-0.2, 0) is 9.84 Å². The highest BCUT2D eigenvalue weighted by Gasteiger charge is 2.46. The minimum Gasteiger partial charge on any atom is -0.292 e. The van der Waals surface area contributed by atoms with Crippen molar-refractivity contribution >= 4 is 15.6 Å². The molecule has 96 valence electrons. The minimum atomic E-state index is -3.72. The number of rotatable bonds is 1. The standard InChI is InChI=1S/C14H11NO3S/c1-9-4-6-10(7-5-9)13-12(16)11-3-2-8-15-14(11)19(13,17)18/h2-8,13H,1H3. The van der Waals surface area contributed by atoms with Gasteiger partial charge >= 0.3 is 0 Å². The number of hydrogen-bond acceptors (Lipinski definition) is 4. The van der Waals surface area contributed by atoms with E-state index in [0.717, 1.165) is 5.56 Å². The van der Waals surface area contributed by atoms with Crippen LogP contribution in [0.4, 0.5) is 0 Å². The van der Waals surface area contributed by atoms with E-state index < -0.39 is 20.9 Å². The monoisotopic (exact) mass is 273 g/mol. The molecule has 0 radical (unpaired) electrons. The van der Waals surface area contributed by atoms with Crippen LogP contribution in [0.25, 0.3) is 0 Å². The number of aromatic nitrogens is 1. The van der Waals surface area contributed by atoms with Crippen molar-refractivity contribution in [2.45, 2.75) is 17.2 Å². The third-order valence-electron chi connectivity index (χ3n) is 3.23. The van der Waals surface area contributed by atoms with Gasteiger partial charge in [-0.1, -0.05) is 29.8 Å². The molecule has 1 unspecified atom stereocenters. The first-order valence-corrected chi connectivity index (χ1v) is 7.36. The number of carbonyl (C=O) groups is 1. The van der Waals surface area contributed by atoms with Gasteiger partial charge in [-0.2, -0.15) is 0 Å². The van der Waals surface area contributed by atoms with Crippen LogP contribution in [0.2, 0.25) is 0 Å². The molecule has 0 aliphatic carbocycles. The van der Waals surface area contributed by atoms with Crippen LogP contribution < -0.4 is 0 Å². The number of aryl methyl sites for hydroxylation is 1. The smallest absolute Gasteiger partial charge is 0.210 e. The topological polar surface area (TPSA) is 64.1 Å². The van der Waals surface area contributed by atoms with Gasteiger partial charge in [0.1, 0.15) is 0 Å². The Bertz CT molecular complexity index is 764. The minimum absolute atomic E-state index is 0.106. The van der Waals surface area contributed by atoms with Crippen molar-refractivity contribution in [3.05, 3.63) is 59.3 Å². The average Bonchev–Trinajstić information content (AvgIpc) is 2.60. The van der Waals surface area contributed by atoms with Gasteiger partial charge in [0.25, 0.3) is 0 Å². The van der Waals surface area contributed by atoms with Crippen LogP contribution >= 0.6 is 0 Å². The molecule has 2 aromatic rings. The van der Waals surface area contributed by atoms with Crippen molar-refractivity contribution in [1.29, 1.82) is 0 Å². The Balaban J connectivity index is 2.21. The third-order valence-corrected chi connectivity index (χ3v) is 5.21. The Morgan fingerprint density at radius 1 is 1.11 bits per heavy atom. The summed E-state index contributed by atoms with van der Waals surface area (Å²) in [5, 5.41) is -1.26. The van der Waals surface area contributed by atoms with E-state index in [2.05, 4.69) is 4.98 Å². The maximum absolute atomic E-state index is 12.4. The van der Waals surface area contributed by atoms with Crippen molar-refractivity contribution in [2.24, 2.45) is 0 Å². The number of sulfone groups is 1. The van der Waals surface area contributed by atoms with Crippen LogP contribution in [0.1, 0.15) is 26.7 Å². The Morgan fingerprint density at radius 3 is 2.42 bits per heavy atom. The maximum atomic E-state index is 12.4.